The predicted octanol–water partition coefficient (Wildman–Crippen LogP) is 2.63. The van der Waals surface area contributed by atoms with Crippen LogP contribution in [0.2, 0.25) is 0 Å². The van der Waals surface area contributed by atoms with Gasteiger partial charge in [-0.1, -0.05) is 7.43 Å². The third-order valence-corrected chi connectivity index (χ3v) is 0.143. The zero-order chi connectivity index (χ0) is 5.15. The van der Waals surface area contributed by atoms with Gasteiger partial charge in [0.05, 0.1) is 0 Å². The Morgan fingerprint density at radius 2 is 0.857 bits per heavy atom. The summed E-state index contributed by atoms with van der Waals surface area (Å²) in [6, 6.07) is 0. The fourth-order valence-electron chi connectivity index (χ4n) is 0. The van der Waals surface area contributed by atoms with Crippen LogP contribution in [0, 0.1) is 0 Å². The molecule has 0 aromatic carbocycles. The van der Waals surface area contributed by atoms with Gasteiger partial charge in [-0.15, -0.1) is 0 Å². The fourth-order valence-corrected chi connectivity index (χ4v) is 0. The molecule has 0 nitrogen and oxygen atoms in total. The van der Waals surface area contributed by atoms with Crippen LogP contribution >= 0.6 is 0 Å². The molecule has 0 N–H and O–H groups in total. The van der Waals surface area contributed by atoms with E-state index in [1.54, 1.807) is 0 Å². The molecule has 0 aromatic heterocycles. The van der Waals surface area contributed by atoms with E-state index in [2.05, 4.69) is 0 Å². The zero-order valence-corrected chi connectivity index (χ0v) is 2.51. The minimum Gasteiger partial charge on any atom is -0.167 e. The van der Waals surface area contributed by atoms with E-state index < -0.39 is 12.2 Å². The van der Waals surface area contributed by atoms with E-state index in [9.17, 15) is 17.6 Å². The molecule has 0 aromatic rings. The monoisotopic (exact) mass is 116 g/mol. The van der Waals surface area contributed by atoms with Crippen LogP contribution in [0.15, 0.2) is 12.2 Å². The van der Waals surface area contributed by atoms with Crippen molar-refractivity contribution in [1.82, 2.24) is 0 Å². The van der Waals surface area contributed by atoms with Crippen LogP contribution in [0.4, 0.5) is 17.6 Å². The summed E-state index contributed by atoms with van der Waals surface area (Å²) >= 11 is 0. The summed E-state index contributed by atoms with van der Waals surface area (Å²) in [6.45, 7) is 0. The van der Waals surface area contributed by atoms with Gasteiger partial charge >= 0.3 is 12.2 Å². The Labute approximate surface area is 38.4 Å². The van der Waals surface area contributed by atoms with E-state index >= 15 is 0 Å². The van der Waals surface area contributed by atoms with Crippen molar-refractivity contribution in [2.24, 2.45) is 0 Å². The van der Waals surface area contributed by atoms with Gasteiger partial charge < -0.3 is 0 Å². The summed E-state index contributed by atoms with van der Waals surface area (Å²) in [7, 11) is 0. The van der Waals surface area contributed by atoms with Crippen LogP contribution in [0.3, 0.4) is 0 Å². The molecule has 0 aliphatic heterocycles. The highest BCUT2D eigenvalue weighted by Crippen LogP contribution is 2.08. The third-order valence-electron chi connectivity index (χ3n) is 0.143. The van der Waals surface area contributed by atoms with Gasteiger partial charge in [0.15, 0.2) is 0 Å². The standard InChI is InChI=1S/C2F4.CH4/c3-1(4)2(5)6;/h;1H4. The Bertz CT molecular complexity index is 57.0. The first-order chi connectivity index (χ1) is 2.64. The van der Waals surface area contributed by atoms with Crippen LogP contribution in [-0.4, -0.2) is 0 Å². The number of rotatable bonds is 0. The van der Waals surface area contributed by atoms with Crippen molar-refractivity contribution in [3.63, 3.8) is 0 Å². The molecule has 7 heavy (non-hydrogen) atoms. The lowest BCUT2D eigenvalue weighted by molar-refractivity contribution is 0.308. The van der Waals surface area contributed by atoms with Crippen LogP contribution in [0.1, 0.15) is 7.43 Å². The second-order valence-corrected chi connectivity index (χ2v) is 0.521. The lowest BCUT2D eigenvalue weighted by Gasteiger charge is -1.69. The van der Waals surface area contributed by atoms with Crippen molar-refractivity contribution in [3.8, 4) is 0 Å². The fraction of sp³-hybridized carbons (Fsp3) is 0.333. The van der Waals surface area contributed by atoms with Gasteiger partial charge in [0, 0.05) is 0 Å². The average Bonchev–Trinajstić information content (AvgIpc) is 1.36. The molecule has 0 aliphatic rings. The summed E-state index contributed by atoms with van der Waals surface area (Å²) < 4.78 is 41.1. The molecule has 0 radical (unpaired) electrons. The highest BCUT2D eigenvalue weighted by Gasteiger charge is 1.98. The van der Waals surface area contributed by atoms with E-state index in [1.807, 2.05) is 0 Å². The molecule has 0 bridgehead atoms. The zero-order valence-electron chi connectivity index (χ0n) is 2.51. The lowest BCUT2D eigenvalue weighted by Crippen LogP contribution is -1.56. The van der Waals surface area contributed by atoms with Gasteiger partial charge in [-0.05, 0) is 0 Å². The van der Waals surface area contributed by atoms with E-state index in [4.69, 9.17) is 0 Å². The van der Waals surface area contributed by atoms with Gasteiger partial charge in [-0.3, -0.25) is 0 Å². The SMILES string of the molecule is C.FC(F)=C(F)F. The summed E-state index contributed by atoms with van der Waals surface area (Å²) in [5.41, 5.74) is 0. The van der Waals surface area contributed by atoms with Crippen molar-refractivity contribution >= 4 is 0 Å². The average molecular weight is 116 g/mol. The Hall–Kier alpha value is -0.540. The summed E-state index contributed by atoms with van der Waals surface area (Å²) in [5.74, 6) is 0. The molecule has 0 spiro atoms. The number of halogens is 4. The first-order valence-electron chi connectivity index (χ1n) is 1.01. The topological polar surface area (TPSA) is 0 Å². The van der Waals surface area contributed by atoms with E-state index in [0.29, 0.717) is 0 Å². The second-order valence-electron chi connectivity index (χ2n) is 0.521. The van der Waals surface area contributed by atoms with Crippen molar-refractivity contribution in [2.75, 3.05) is 0 Å². The number of hydrogen-bond acceptors (Lipinski definition) is 0. The molecule has 0 saturated carbocycles. The van der Waals surface area contributed by atoms with Gasteiger partial charge in [0.25, 0.3) is 0 Å². The molecular formula is C3H4F4. The molecule has 0 heterocycles. The molecule has 0 unspecified atom stereocenters. The molecule has 0 rings (SSSR count). The second kappa shape index (κ2) is 3.64. The highest BCUT2D eigenvalue weighted by atomic mass is 19.3. The maximum atomic E-state index is 10.3. The van der Waals surface area contributed by atoms with E-state index in [0.717, 1.165) is 0 Å². The Kier molecular flexibility index (Phi) is 5.04. The Balaban J connectivity index is 0. The Morgan fingerprint density at radius 1 is 0.714 bits per heavy atom. The molecular weight excluding hydrogens is 112 g/mol. The van der Waals surface area contributed by atoms with Gasteiger partial charge in [0.2, 0.25) is 0 Å². The van der Waals surface area contributed by atoms with E-state index in [-0.39, 0.29) is 7.43 Å². The summed E-state index contributed by atoms with van der Waals surface area (Å²) in [4.78, 5) is 0. The Morgan fingerprint density at radius 3 is 0.857 bits per heavy atom. The van der Waals surface area contributed by atoms with Crippen molar-refractivity contribution < 1.29 is 17.6 Å². The smallest absolute Gasteiger partial charge is 0.167 e. The van der Waals surface area contributed by atoms with Gasteiger partial charge in [-0.25, -0.2) is 0 Å². The minimum absolute atomic E-state index is 0. The molecule has 0 atom stereocenters. The number of hydrogen-bond donors (Lipinski definition) is 0. The summed E-state index contributed by atoms with van der Waals surface area (Å²) in [6.07, 6.45) is -5.81. The third kappa shape index (κ3) is 5.46. The normalized spacial score (nSPS) is 6.86. The highest BCUT2D eigenvalue weighted by molar-refractivity contribution is 4.77. The first-order valence-corrected chi connectivity index (χ1v) is 1.01. The molecule has 0 amide bonds. The van der Waals surface area contributed by atoms with Crippen LogP contribution < -0.4 is 0 Å². The van der Waals surface area contributed by atoms with Crippen molar-refractivity contribution in [3.05, 3.63) is 12.2 Å². The quantitative estimate of drug-likeness (QED) is 0.427. The maximum absolute atomic E-state index is 10.3. The first kappa shape index (κ1) is 9.68. The molecule has 44 valence electrons. The molecule has 0 fully saturated rings. The van der Waals surface area contributed by atoms with E-state index in [1.165, 1.54) is 0 Å². The molecule has 0 aliphatic carbocycles. The minimum atomic E-state index is -2.91. The van der Waals surface area contributed by atoms with Crippen molar-refractivity contribution in [1.29, 1.82) is 0 Å². The van der Waals surface area contributed by atoms with Gasteiger partial charge in [0.1, 0.15) is 0 Å². The summed E-state index contributed by atoms with van der Waals surface area (Å²) in [5, 5.41) is 0. The predicted molar refractivity (Wildman–Crippen MR) is 18.2 cm³/mol. The van der Waals surface area contributed by atoms with Gasteiger partial charge in [-0.2, -0.15) is 17.6 Å². The largest absolute Gasteiger partial charge is 0.334 e. The maximum Gasteiger partial charge on any atom is 0.334 e. The van der Waals surface area contributed by atoms with Crippen LogP contribution in [-0.2, 0) is 0 Å². The lowest BCUT2D eigenvalue weighted by atomic mass is 11.1. The van der Waals surface area contributed by atoms with Crippen molar-refractivity contribution in [2.45, 2.75) is 7.43 Å². The molecule has 0 saturated heterocycles. The molecule has 4 heteroatoms. The van der Waals surface area contributed by atoms with Crippen LogP contribution in [0.5, 0.6) is 0 Å². The van der Waals surface area contributed by atoms with Crippen LogP contribution in [0.25, 0.3) is 0 Å².